The standard InChI is InChI=1S/C11H8F3NO/c1-7-9(8-5-3-2-4-6-8)16-10(15-7)11(12,13)14/h2-6H,1H3. The highest BCUT2D eigenvalue weighted by molar-refractivity contribution is 5.59. The fourth-order valence-corrected chi connectivity index (χ4v) is 1.38. The molecular weight excluding hydrogens is 219 g/mol. The van der Waals surface area contributed by atoms with Gasteiger partial charge in [-0.15, -0.1) is 0 Å². The molecule has 0 aliphatic heterocycles. The third-order valence-corrected chi connectivity index (χ3v) is 2.08. The van der Waals surface area contributed by atoms with Crippen molar-refractivity contribution in [1.82, 2.24) is 4.98 Å². The first-order valence-electron chi connectivity index (χ1n) is 4.58. The SMILES string of the molecule is Cc1nc(C(F)(F)F)oc1-c1ccccc1. The second kappa shape index (κ2) is 3.66. The van der Waals surface area contributed by atoms with Gasteiger partial charge in [0.05, 0.1) is 5.69 Å². The van der Waals surface area contributed by atoms with Crippen molar-refractivity contribution in [2.75, 3.05) is 0 Å². The molecule has 0 N–H and O–H groups in total. The highest BCUT2D eigenvalue weighted by Gasteiger charge is 2.38. The predicted octanol–water partition coefficient (Wildman–Crippen LogP) is 3.67. The van der Waals surface area contributed by atoms with E-state index in [4.69, 9.17) is 4.42 Å². The normalized spacial score (nSPS) is 11.8. The molecule has 0 unspecified atom stereocenters. The monoisotopic (exact) mass is 227 g/mol. The Morgan fingerprint density at radius 2 is 1.75 bits per heavy atom. The van der Waals surface area contributed by atoms with Gasteiger partial charge in [0.2, 0.25) is 0 Å². The first-order chi connectivity index (χ1) is 7.48. The number of alkyl halides is 3. The van der Waals surface area contributed by atoms with E-state index in [0.717, 1.165) is 0 Å². The van der Waals surface area contributed by atoms with Crippen LogP contribution in [-0.4, -0.2) is 4.98 Å². The van der Waals surface area contributed by atoms with E-state index in [2.05, 4.69) is 4.98 Å². The van der Waals surface area contributed by atoms with Crippen molar-refractivity contribution in [3.05, 3.63) is 41.9 Å². The van der Waals surface area contributed by atoms with Gasteiger partial charge in [-0.1, -0.05) is 30.3 Å². The van der Waals surface area contributed by atoms with Crippen LogP contribution < -0.4 is 0 Å². The molecule has 16 heavy (non-hydrogen) atoms. The van der Waals surface area contributed by atoms with Gasteiger partial charge in [0, 0.05) is 5.56 Å². The number of hydrogen-bond donors (Lipinski definition) is 0. The maximum atomic E-state index is 12.3. The van der Waals surface area contributed by atoms with Crippen LogP contribution in [0.15, 0.2) is 34.7 Å². The van der Waals surface area contributed by atoms with Crippen LogP contribution in [0, 0.1) is 6.92 Å². The van der Waals surface area contributed by atoms with Gasteiger partial charge < -0.3 is 4.42 Å². The van der Waals surface area contributed by atoms with E-state index in [1.165, 1.54) is 6.92 Å². The fourth-order valence-electron chi connectivity index (χ4n) is 1.38. The van der Waals surface area contributed by atoms with Crippen LogP contribution in [-0.2, 0) is 6.18 Å². The molecule has 0 saturated carbocycles. The third-order valence-electron chi connectivity index (χ3n) is 2.08. The number of rotatable bonds is 1. The summed E-state index contributed by atoms with van der Waals surface area (Å²) in [6, 6.07) is 8.58. The summed E-state index contributed by atoms with van der Waals surface area (Å²) in [5, 5.41) is 0. The number of halogens is 3. The van der Waals surface area contributed by atoms with Crippen molar-refractivity contribution < 1.29 is 17.6 Å². The van der Waals surface area contributed by atoms with Gasteiger partial charge in [0.1, 0.15) is 0 Å². The van der Waals surface area contributed by atoms with E-state index in [1.807, 2.05) is 0 Å². The minimum atomic E-state index is -4.54. The van der Waals surface area contributed by atoms with Gasteiger partial charge in [0.25, 0.3) is 0 Å². The van der Waals surface area contributed by atoms with Crippen LogP contribution in [0.3, 0.4) is 0 Å². The number of aromatic nitrogens is 1. The molecule has 0 amide bonds. The molecule has 0 atom stereocenters. The van der Waals surface area contributed by atoms with Crippen LogP contribution in [0.5, 0.6) is 0 Å². The van der Waals surface area contributed by atoms with Crippen LogP contribution in [0.4, 0.5) is 13.2 Å². The maximum Gasteiger partial charge on any atom is 0.468 e. The lowest BCUT2D eigenvalue weighted by Gasteiger charge is -1.99. The van der Waals surface area contributed by atoms with Crippen LogP contribution in [0.2, 0.25) is 0 Å². The number of oxazole rings is 1. The second-order valence-corrected chi connectivity index (χ2v) is 3.30. The van der Waals surface area contributed by atoms with E-state index in [-0.39, 0.29) is 11.5 Å². The maximum absolute atomic E-state index is 12.3. The van der Waals surface area contributed by atoms with Crippen LogP contribution in [0.1, 0.15) is 11.6 Å². The molecule has 0 saturated heterocycles. The molecule has 1 heterocycles. The minimum Gasteiger partial charge on any atom is -0.433 e. The molecule has 0 fully saturated rings. The van der Waals surface area contributed by atoms with Gasteiger partial charge in [-0.25, -0.2) is 4.98 Å². The summed E-state index contributed by atoms with van der Waals surface area (Å²) in [6.07, 6.45) is -4.54. The Labute approximate surface area is 89.7 Å². The van der Waals surface area contributed by atoms with Gasteiger partial charge in [0.15, 0.2) is 5.76 Å². The zero-order valence-corrected chi connectivity index (χ0v) is 8.38. The summed E-state index contributed by atoms with van der Waals surface area (Å²) in [7, 11) is 0. The summed E-state index contributed by atoms with van der Waals surface area (Å²) in [5.74, 6) is -1.04. The molecule has 0 aliphatic rings. The lowest BCUT2D eigenvalue weighted by atomic mass is 10.1. The van der Waals surface area contributed by atoms with E-state index in [1.54, 1.807) is 30.3 Å². The molecule has 84 valence electrons. The van der Waals surface area contributed by atoms with E-state index >= 15 is 0 Å². The topological polar surface area (TPSA) is 26.0 Å². The number of aryl methyl sites for hydroxylation is 1. The highest BCUT2D eigenvalue weighted by atomic mass is 19.4. The van der Waals surface area contributed by atoms with E-state index in [0.29, 0.717) is 5.56 Å². The van der Waals surface area contributed by atoms with E-state index < -0.39 is 12.1 Å². The summed E-state index contributed by atoms with van der Waals surface area (Å²) < 4.78 is 41.8. The molecule has 2 rings (SSSR count). The predicted molar refractivity (Wildman–Crippen MR) is 51.7 cm³/mol. The molecule has 1 aromatic heterocycles. The van der Waals surface area contributed by atoms with Gasteiger partial charge in [-0.2, -0.15) is 13.2 Å². The molecule has 0 spiro atoms. The van der Waals surface area contributed by atoms with Crippen molar-refractivity contribution in [1.29, 1.82) is 0 Å². The Balaban J connectivity index is 2.48. The largest absolute Gasteiger partial charge is 0.468 e. The van der Waals surface area contributed by atoms with Crippen LogP contribution in [0.25, 0.3) is 11.3 Å². The summed E-state index contributed by atoms with van der Waals surface area (Å²) in [5.41, 5.74) is 0.821. The van der Waals surface area contributed by atoms with Gasteiger partial charge in [-0.05, 0) is 6.92 Å². The molecule has 0 bridgehead atoms. The zero-order valence-electron chi connectivity index (χ0n) is 8.38. The minimum absolute atomic E-state index is 0.160. The average molecular weight is 227 g/mol. The first kappa shape index (κ1) is 10.7. The summed E-state index contributed by atoms with van der Waals surface area (Å²) in [6.45, 7) is 1.49. The molecular formula is C11H8F3NO. The summed E-state index contributed by atoms with van der Waals surface area (Å²) in [4.78, 5) is 3.37. The molecule has 2 nitrogen and oxygen atoms in total. The highest BCUT2D eigenvalue weighted by Crippen LogP contribution is 2.33. The zero-order chi connectivity index (χ0) is 11.8. The van der Waals surface area contributed by atoms with Gasteiger partial charge >= 0.3 is 12.1 Å². The Hall–Kier alpha value is -1.78. The van der Waals surface area contributed by atoms with Crippen molar-refractivity contribution in [2.45, 2.75) is 13.1 Å². The average Bonchev–Trinajstić information content (AvgIpc) is 2.61. The fraction of sp³-hybridized carbons (Fsp3) is 0.182. The summed E-state index contributed by atoms with van der Waals surface area (Å²) >= 11 is 0. The molecule has 0 aliphatic carbocycles. The van der Waals surface area contributed by atoms with Crippen molar-refractivity contribution in [3.63, 3.8) is 0 Å². The van der Waals surface area contributed by atoms with Crippen LogP contribution >= 0.6 is 0 Å². The molecule has 0 radical (unpaired) electrons. The molecule has 2 aromatic rings. The van der Waals surface area contributed by atoms with Crippen molar-refractivity contribution >= 4 is 0 Å². The number of nitrogens with zero attached hydrogens (tertiary/aromatic N) is 1. The molecule has 1 aromatic carbocycles. The quantitative estimate of drug-likeness (QED) is 0.742. The Morgan fingerprint density at radius 1 is 1.12 bits per heavy atom. The van der Waals surface area contributed by atoms with Crippen molar-refractivity contribution in [3.8, 4) is 11.3 Å². The van der Waals surface area contributed by atoms with Gasteiger partial charge in [-0.3, -0.25) is 0 Å². The van der Waals surface area contributed by atoms with Crippen molar-refractivity contribution in [2.24, 2.45) is 0 Å². The lowest BCUT2D eigenvalue weighted by molar-refractivity contribution is -0.156. The smallest absolute Gasteiger partial charge is 0.433 e. The Kier molecular flexibility index (Phi) is 2.46. The second-order valence-electron chi connectivity index (χ2n) is 3.30. The number of benzene rings is 1. The Morgan fingerprint density at radius 3 is 2.25 bits per heavy atom. The third kappa shape index (κ3) is 1.93. The van der Waals surface area contributed by atoms with E-state index in [9.17, 15) is 13.2 Å². The first-order valence-corrected chi connectivity index (χ1v) is 4.58. The lowest BCUT2D eigenvalue weighted by Crippen LogP contribution is -2.04. The molecule has 5 heteroatoms. The number of hydrogen-bond acceptors (Lipinski definition) is 2. The Bertz CT molecular complexity index is 488.